The predicted octanol–water partition coefficient (Wildman–Crippen LogP) is 2.38. The van der Waals surface area contributed by atoms with Crippen LogP contribution in [0.25, 0.3) is 0 Å². The fraction of sp³-hybridized carbons (Fsp3) is 0.250. The van der Waals surface area contributed by atoms with Crippen LogP contribution in [0.4, 0.5) is 0 Å². The van der Waals surface area contributed by atoms with E-state index in [4.69, 9.17) is 10.5 Å². The lowest BCUT2D eigenvalue weighted by atomic mass is 9.84. The highest BCUT2D eigenvalue weighted by Gasteiger charge is 2.33. The van der Waals surface area contributed by atoms with Crippen LogP contribution in [-0.2, 0) is 12.8 Å². The summed E-state index contributed by atoms with van der Waals surface area (Å²) in [5.41, 5.74) is 9.45. The largest absolute Gasteiger partial charge is 0.420 e. The summed E-state index contributed by atoms with van der Waals surface area (Å²) in [4.78, 5) is 0. The van der Waals surface area contributed by atoms with Gasteiger partial charge in [-0.1, -0.05) is 37.3 Å². The topological polar surface area (TPSA) is 87.7 Å². The summed E-state index contributed by atoms with van der Waals surface area (Å²) in [5, 5.41) is 16.6. The zero-order chi connectivity index (χ0) is 14.8. The first-order valence-corrected chi connectivity index (χ1v) is 6.93. The number of ether oxygens (including phenoxy) is 1. The number of nitrogens with one attached hydrogen (secondary N) is 1. The molecule has 1 aliphatic heterocycles. The molecule has 5 heteroatoms. The van der Waals surface area contributed by atoms with E-state index in [1.54, 1.807) is 0 Å². The van der Waals surface area contributed by atoms with Crippen LogP contribution in [-0.4, -0.2) is 10.2 Å². The third-order valence-electron chi connectivity index (χ3n) is 3.77. The molecule has 1 aromatic heterocycles. The molecule has 2 aromatic rings. The number of aromatic nitrogens is 2. The lowest BCUT2D eigenvalue weighted by Gasteiger charge is -2.23. The Morgan fingerprint density at radius 3 is 2.81 bits per heavy atom. The van der Waals surface area contributed by atoms with Crippen LogP contribution in [0.5, 0.6) is 5.88 Å². The van der Waals surface area contributed by atoms with E-state index in [1.807, 2.05) is 37.3 Å². The van der Waals surface area contributed by atoms with E-state index in [-0.39, 0.29) is 11.8 Å². The molecule has 3 rings (SSSR count). The van der Waals surface area contributed by atoms with Crippen LogP contribution < -0.4 is 10.5 Å². The van der Waals surface area contributed by atoms with Gasteiger partial charge in [-0.2, -0.15) is 5.26 Å². The molecule has 106 valence electrons. The second-order valence-corrected chi connectivity index (χ2v) is 5.01. The first-order chi connectivity index (χ1) is 10.2. The van der Waals surface area contributed by atoms with Crippen molar-refractivity contribution in [1.29, 1.82) is 5.26 Å². The monoisotopic (exact) mass is 280 g/mol. The maximum Gasteiger partial charge on any atom is 0.243 e. The van der Waals surface area contributed by atoms with Crippen molar-refractivity contribution in [2.45, 2.75) is 25.7 Å². The van der Waals surface area contributed by atoms with Gasteiger partial charge in [0.2, 0.25) is 11.8 Å². The average Bonchev–Trinajstić information content (AvgIpc) is 2.91. The van der Waals surface area contributed by atoms with Gasteiger partial charge in [0, 0.05) is 17.2 Å². The summed E-state index contributed by atoms with van der Waals surface area (Å²) < 4.78 is 5.48. The molecule has 1 unspecified atom stereocenters. The number of nitrogens with zero attached hydrogens (tertiary/aromatic N) is 2. The molecule has 1 aliphatic rings. The number of nitrogens with two attached hydrogens (primary N) is 1. The van der Waals surface area contributed by atoms with Gasteiger partial charge < -0.3 is 10.5 Å². The zero-order valence-corrected chi connectivity index (χ0v) is 11.8. The van der Waals surface area contributed by atoms with Crippen molar-refractivity contribution in [3.05, 3.63) is 58.6 Å². The van der Waals surface area contributed by atoms with Gasteiger partial charge in [0.1, 0.15) is 6.07 Å². The maximum absolute atomic E-state index is 9.44. The first-order valence-electron chi connectivity index (χ1n) is 6.93. The Bertz CT molecular complexity index is 724. The zero-order valence-electron chi connectivity index (χ0n) is 11.8. The second kappa shape index (κ2) is 5.33. The van der Waals surface area contributed by atoms with Crippen LogP contribution in [0.2, 0.25) is 0 Å². The van der Waals surface area contributed by atoms with Crippen LogP contribution in [0.3, 0.4) is 0 Å². The SMILES string of the molecule is CCc1[nH]nc2c1C(Cc1ccccc1)C(C#N)=C(N)O2. The third kappa shape index (κ3) is 2.25. The Hall–Kier alpha value is -2.74. The normalized spacial score (nSPS) is 17.0. The molecule has 1 aromatic carbocycles. The van der Waals surface area contributed by atoms with E-state index in [9.17, 15) is 5.26 Å². The van der Waals surface area contributed by atoms with Crippen molar-refractivity contribution < 1.29 is 4.74 Å². The molecule has 0 bridgehead atoms. The molecule has 0 saturated carbocycles. The molecular weight excluding hydrogens is 264 g/mol. The van der Waals surface area contributed by atoms with Crippen LogP contribution in [0, 0.1) is 11.3 Å². The van der Waals surface area contributed by atoms with Crippen molar-refractivity contribution in [2.75, 3.05) is 0 Å². The number of fused-ring (bicyclic) bond motifs is 1. The number of aryl methyl sites for hydroxylation is 1. The fourth-order valence-electron chi connectivity index (χ4n) is 2.74. The van der Waals surface area contributed by atoms with Gasteiger partial charge in [0.25, 0.3) is 0 Å². The average molecular weight is 280 g/mol. The second-order valence-electron chi connectivity index (χ2n) is 5.01. The number of benzene rings is 1. The molecule has 0 aliphatic carbocycles. The number of H-pyrrole nitrogens is 1. The molecule has 5 nitrogen and oxygen atoms in total. The van der Waals surface area contributed by atoms with Crippen molar-refractivity contribution in [1.82, 2.24) is 10.2 Å². The van der Waals surface area contributed by atoms with Crippen LogP contribution in [0.1, 0.15) is 29.7 Å². The first kappa shape index (κ1) is 13.3. The molecule has 21 heavy (non-hydrogen) atoms. The molecule has 1 atom stereocenters. The molecule has 0 amide bonds. The van der Waals surface area contributed by atoms with Crippen molar-refractivity contribution in [2.24, 2.45) is 5.73 Å². The van der Waals surface area contributed by atoms with E-state index < -0.39 is 0 Å². The van der Waals surface area contributed by atoms with E-state index in [2.05, 4.69) is 16.3 Å². The highest BCUT2D eigenvalue weighted by Crippen LogP contribution is 2.40. The molecule has 2 heterocycles. The number of rotatable bonds is 3. The summed E-state index contributed by atoms with van der Waals surface area (Å²) in [5.74, 6) is 0.527. The Balaban J connectivity index is 2.07. The van der Waals surface area contributed by atoms with Crippen molar-refractivity contribution in [3.63, 3.8) is 0 Å². The van der Waals surface area contributed by atoms with Crippen molar-refractivity contribution >= 4 is 0 Å². The Labute approximate surface area is 123 Å². The Morgan fingerprint density at radius 1 is 1.38 bits per heavy atom. The van der Waals surface area contributed by atoms with Gasteiger partial charge in [-0.25, -0.2) is 0 Å². The number of hydrogen-bond acceptors (Lipinski definition) is 4. The minimum absolute atomic E-state index is 0.116. The van der Waals surface area contributed by atoms with Gasteiger partial charge in [-0.15, -0.1) is 5.10 Å². The minimum atomic E-state index is -0.116. The van der Waals surface area contributed by atoms with Gasteiger partial charge in [-0.05, 0) is 18.4 Å². The molecule has 3 N–H and O–H groups in total. The summed E-state index contributed by atoms with van der Waals surface area (Å²) in [6.07, 6.45) is 1.50. The molecule has 0 radical (unpaired) electrons. The molecule has 0 fully saturated rings. The predicted molar refractivity (Wildman–Crippen MR) is 78.3 cm³/mol. The number of allylic oxidation sites excluding steroid dienone is 1. The van der Waals surface area contributed by atoms with E-state index in [0.29, 0.717) is 17.9 Å². The lowest BCUT2D eigenvalue weighted by Crippen LogP contribution is -2.21. The molecule has 0 spiro atoms. The quantitative estimate of drug-likeness (QED) is 0.903. The standard InChI is InChI=1S/C16H16N4O/c1-2-13-14-11(8-10-6-4-3-5-7-10)12(9-17)15(18)21-16(14)20-19-13/h3-7,11H,2,8,18H2,1H3,(H,19,20). The highest BCUT2D eigenvalue weighted by atomic mass is 16.5. The molecule has 0 saturated heterocycles. The van der Waals surface area contributed by atoms with Gasteiger partial charge in [0.05, 0.1) is 5.57 Å². The van der Waals surface area contributed by atoms with Crippen LogP contribution in [0.15, 0.2) is 41.8 Å². The molecular formula is C16H16N4O. The van der Waals surface area contributed by atoms with Gasteiger partial charge >= 0.3 is 0 Å². The van der Waals surface area contributed by atoms with E-state index >= 15 is 0 Å². The third-order valence-corrected chi connectivity index (χ3v) is 3.77. The van der Waals surface area contributed by atoms with Crippen molar-refractivity contribution in [3.8, 4) is 11.9 Å². The summed E-state index contributed by atoms with van der Waals surface area (Å²) in [6.45, 7) is 2.04. The lowest BCUT2D eigenvalue weighted by molar-refractivity contribution is 0.373. The van der Waals surface area contributed by atoms with Gasteiger partial charge in [-0.3, -0.25) is 5.10 Å². The number of aromatic amines is 1. The Kier molecular flexibility index (Phi) is 3.36. The minimum Gasteiger partial charge on any atom is -0.420 e. The van der Waals surface area contributed by atoms with Gasteiger partial charge in [0.15, 0.2) is 0 Å². The summed E-state index contributed by atoms with van der Waals surface area (Å²) >= 11 is 0. The maximum atomic E-state index is 9.44. The number of nitriles is 1. The Morgan fingerprint density at radius 2 is 2.14 bits per heavy atom. The smallest absolute Gasteiger partial charge is 0.243 e. The van der Waals surface area contributed by atoms with E-state index in [1.165, 1.54) is 0 Å². The summed E-state index contributed by atoms with van der Waals surface area (Å²) in [7, 11) is 0. The highest BCUT2D eigenvalue weighted by molar-refractivity contribution is 5.49. The fourth-order valence-corrected chi connectivity index (χ4v) is 2.74. The van der Waals surface area contributed by atoms with Crippen LogP contribution >= 0.6 is 0 Å². The van der Waals surface area contributed by atoms with E-state index in [0.717, 1.165) is 23.2 Å². The number of hydrogen-bond donors (Lipinski definition) is 2. The summed E-state index contributed by atoms with van der Waals surface area (Å²) in [6, 6.07) is 12.2.